The highest BCUT2D eigenvalue weighted by Gasteiger charge is 2.13. The summed E-state index contributed by atoms with van der Waals surface area (Å²) >= 11 is 0. The van der Waals surface area contributed by atoms with Crippen LogP contribution in [0.15, 0.2) is 30.5 Å². The lowest BCUT2D eigenvalue weighted by Crippen LogP contribution is -2.15. The molecule has 0 aliphatic carbocycles. The normalized spacial score (nSPS) is 10.2. The van der Waals surface area contributed by atoms with Crippen LogP contribution in [0.4, 0.5) is 0 Å². The van der Waals surface area contributed by atoms with Gasteiger partial charge in [-0.05, 0) is 18.2 Å². The van der Waals surface area contributed by atoms with Crippen molar-refractivity contribution in [3.8, 4) is 0 Å². The fourth-order valence-electron chi connectivity index (χ4n) is 1.65. The predicted octanol–water partition coefficient (Wildman–Crippen LogP) is 1.40. The molecule has 5 nitrogen and oxygen atoms in total. The highest BCUT2D eigenvalue weighted by Crippen LogP contribution is 2.20. The minimum absolute atomic E-state index is 0.420. The lowest BCUT2D eigenvalue weighted by atomic mass is 10.1. The Morgan fingerprint density at radius 2 is 2.00 bits per heavy atom. The van der Waals surface area contributed by atoms with E-state index in [1.807, 2.05) is 0 Å². The summed E-state index contributed by atoms with van der Waals surface area (Å²) in [5.41, 5.74) is 1.08. The first-order chi connectivity index (χ1) is 8.13. The maximum Gasteiger partial charge on any atom is 0.338 e. The molecule has 0 saturated heterocycles. The Balaban J connectivity index is 2.56. The van der Waals surface area contributed by atoms with Crippen LogP contribution in [0, 0.1) is 0 Å². The third-order valence-corrected chi connectivity index (χ3v) is 2.33. The summed E-state index contributed by atoms with van der Waals surface area (Å²) in [5.74, 6) is -0.845. The zero-order valence-electron chi connectivity index (χ0n) is 9.47. The van der Waals surface area contributed by atoms with Crippen molar-refractivity contribution in [2.24, 2.45) is 0 Å². The smallest absolute Gasteiger partial charge is 0.338 e. The number of nitrogens with zero attached hydrogens (tertiary/aromatic N) is 1. The average molecular weight is 233 g/mol. The summed E-state index contributed by atoms with van der Waals surface area (Å²) in [5, 5.41) is 0.681. The number of ether oxygens (including phenoxy) is 1. The molecular formula is C12H11NO4. The van der Waals surface area contributed by atoms with Crippen LogP contribution in [0.1, 0.15) is 17.3 Å². The highest BCUT2D eigenvalue weighted by molar-refractivity contribution is 6.03. The van der Waals surface area contributed by atoms with E-state index in [1.165, 1.54) is 18.8 Å². The van der Waals surface area contributed by atoms with Gasteiger partial charge in [-0.2, -0.15) is 4.73 Å². The summed E-state index contributed by atoms with van der Waals surface area (Å²) in [7, 11) is 1.32. The van der Waals surface area contributed by atoms with E-state index in [4.69, 9.17) is 4.84 Å². The van der Waals surface area contributed by atoms with E-state index < -0.39 is 11.9 Å². The van der Waals surface area contributed by atoms with Gasteiger partial charge in [0.05, 0.1) is 18.2 Å². The molecule has 0 saturated carbocycles. The molecule has 2 rings (SSSR count). The minimum atomic E-state index is -0.425. The Labute approximate surface area is 97.5 Å². The molecule has 0 unspecified atom stereocenters. The second kappa shape index (κ2) is 4.29. The Morgan fingerprint density at radius 3 is 2.65 bits per heavy atom. The van der Waals surface area contributed by atoms with Gasteiger partial charge in [0.15, 0.2) is 0 Å². The van der Waals surface area contributed by atoms with Crippen LogP contribution in [0.5, 0.6) is 0 Å². The summed E-state index contributed by atoms with van der Waals surface area (Å²) in [6.45, 7) is 1.32. The van der Waals surface area contributed by atoms with Crippen molar-refractivity contribution in [3.05, 3.63) is 36.0 Å². The molecule has 0 bridgehead atoms. The number of hydrogen-bond acceptors (Lipinski definition) is 4. The van der Waals surface area contributed by atoms with Crippen LogP contribution in [0.2, 0.25) is 0 Å². The molecule has 17 heavy (non-hydrogen) atoms. The summed E-state index contributed by atoms with van der Waals surface area (Å²) in [4.78, 5) is 27.4. The molecule has 1 aromatic heterocycles. The van der Waals surface area contributed by atoms with Gasteiger partial charge >= 0.3 is 11.9 Å². The topological polar surface area (TPSA) is 57.5 Å². The molecule has 88 valence electrons. The van der Waals surface area contributed by atoms with Crippen molar-refractivity contribution in [1.29, 1.82) is 0 Å². The molecule has 2 aromatic rings. The molecule has 1 heterocycles. The zero-order chi connectivity index (χ0) is 12.4. The molecule has 0 aliphatic heterocycles. The van der Waals surface area contributed by atoms with E-state index in [-0.39, 0.29) is 0 Å². The van der Waals surface area contributed by atoms with Crippen molar-refractivity contribution >= 4 is 22.8 Å². The van der Waals surface area contributed by atoms with Crippen LogP contribution in [0.3, 0.4) is 0 Å². The largest absolute Gasteiger partial charge is 0.465 e. The van der Waals surface area contributed by atoms with Gasteiger partial charge in [-0.15, -0.1) is 0 Å². The fourth-order valence-corrected chi connectivity index (χ4v) is 1.65. The van der Waals surface area contributed by atoms with Gasteiger partial charge in [0.2, 0.25) is 0 Å². The first-order valence-electron chi connectivity index (χ1n) is 5.01. The lowest BCUT2D eigenvalue weighted by molar-refractivity contribution is -0.140. The Bertz CT molecular complexity index is 585. The van der Waals surface area contributed by atoms with E-state index >= 15 is 0 Å². The number of fused-ring (bicyclic) bond motifs is 1. The van der Waals surface area contributed by atoms with E-state index in [0.29, 0.717) is 16.5 Å². The van der Waals surface area contributed by atoms with E-state index in [1.54, 1.807) is 30.5 Å². The van der Waals surface area contributed by atoms with Crippen LogP contribution in [-0.4, -0.2) is 23.8 Å². The Kier molecular flexibility index (Phi) is 2.82. The Hall–Kier alpha value is -2.30. The number of aromatic nitrogens is 1. The number of benzene rings is 1. The third kappa shape index (κ3) is 1.99. The van der Waals surface area contributed by atoms with Crippen molar-refractivity contribution in [2.75, 3.05) is 7.11 Å². The predicted molar refractivity (Wildman–Crippen MR) is 60.5 cm³/mol. The van der Waals surface area contributed by atoms with Crippen molar-refractivity contribution < 1.29 is 19.2 Å². The highest BCUT2D eigenvalue weighted by atomic mass is 16.7. The quantitative estimate of drug-likeness (QED) is 0.736. The zero-order valence-corrected chi connectivity index (χ0v) is 9.47. The standard InChI is InChI=1S/C12H11NO4/c1-8(14)17-13-7-6-9-10(12(15)16-2)4-3-5-11(9)13/h3-7H,1-2H3. The third-order valence-electron chi connectivity index (χ3n) is 2.33. The molecule has 0 fully saturated rings. The van der Waals surface area contributed by atoms with Gasteiger partial charge in [0.1, 0.15) is 0 Å². The van der Waals surface area contributed by atoms with Crippen molar-refractivity contribution in [2.45, 2.75) is 6.92 Å². The van der Waals surface area contributed by atoms with Gasteiger partial charge in [0, 0.05) is 18.5 Å². The van der Waals surface area contributed by atoms with Crippen LogP contribution in [-0.2, 0) is 9.53 Å². The minimum Gasteiger partial charge on any atom is -0.465 e. The first kappa shape index (κ1) is 11.2. The maximum absolute atomic E-state index is 11.5. The van der Waals surface area contributed by atoms with Crippen LogP contribution < -0.4 is 4.84 Å². The van der Waals surface area contributed by atoms with Crippen LogP contribution in [0.25, 0.3) is 10.9 Å². The molecule has 0 amide bonds. The van der Waals surface area contributed by atoms with Gasteiger partial charge in [-0.25, -0.2) is 9.59 Å². The van der Waals surface area contributed by atoms with Gasteiger partial charge in [-0.1, -0.05) is 6.07 Å². The monoisotopic (exact) mass is 233 g/mol. The SMILES string of the molecule is COC(=O)c1cccc2c1ccn2OC(C)=O. The summed E-state index contributed by atoms with van der Waals surface area (Å²) in [6, 6.07) is 6.82. The number of carbonyl (C=O) groups is 2. The van der Waals surface area contributed by atoms with Crippen molar-refractivity contribution in [3.63, 3.8) is 0 Å². The fraction of sp³-hybridized carbons (Fsp3) is 0.167. The molecule has 0 atom stereocenters. The van der Waals surface area contributed by atoms with Crippen LogP contribution >= 0.6 is 0 Å². The summed E-state index contributed by atoms with van der Waals surface area (Å²) in [6.07, 6.45) is 1.58. The number of esters is 1. The first-order valence-corrected chi connectivity index (χ1v) is 5.01. The number of hydrogen-bond donors (Lipinski definition) is 0. The Morgan fingerprint density at radius 1 is 1.24 bits per heavy atom. The second-order valence-corrected chi connectivity index (χ2v) is 3.45. The van der Waals surface area contributed by atoms with E-state index in [9.17, 15) is 9.59 Å². The van der Waals surface area contributed by atoms with Gasteiger partial charge < -0.3 is 9.57 Å². The number of carbonyl (C=O) groups excluding carboxylic acids is 2. The van der Waals surface area contributed by atoms with Gasteiger partial charge in [-0.3, -0.25) is 0 Å². The lowest BCUT2D eigenvalue weighted by Gasteiger charge is -2.04. The van der Waals surface area contributed by atoms with E-state index in [2.05, 4.69) is 4.74 Å². The number of rotatable bonds is 2. The maximum atomic E-state index is 11.5. The molecule has 0 aliphatic rings. The number of methoxy groups -OCH3 is 1. The average Bonchev–Trinajstić information content (AvgIpc) is 2.71. The molecule has 0 radical (unpaired) electrons. The second-order valence-electron chi connectivity index (χ2n) is 3.45. The van der Waals surface area contributed by atoms with Crippen molar-refractivity contribution in [1.82, 2.24) is 4.73 Å². The summed E-state index contributed by atoms with van der Waals surface area (Å²) < 4.78 is 6.00. The van der Waals surface area contributed by atoms with E-state index in [0.717, 1.165) is 0 Å². The molecule has 5 heteroatoms. The molecule has 0 spiro atoms. The molecule has 1 aromatic carbocycles. The van der Waals surface area contributed by atoms with Gasteiger partial charge in [0.25, 0.3) is 0 Å². The molecule has 0 N–H and O–H groups in total. The molecular weight excluding hydrogens is 222 g/mol.